The summed E-state index contributed by atoms with van der Waals surface area (Å²) in [4.78, 5) is 14.7. The molecule has 1 aromatic carbocycles. The molecule has 0 aliphatic carbocycles. The Labute approximate surface area is 215 Å². The summed E-state index contributed by atoms with van der Waals surface area (Å²) in [5.41, 5.74) is -2.87. The number of likely N-dealkylation sites (tertiary alicyclic amines) is 1. The van der Waals surface area contributed by atoms with Crippen LogP contribution < -0.4 is 0 Å². The number of halogens is 3. The Kier molecular flexibility index (Phi) is 7.89. The predicted molar refractivity (Wildman–Crippen MR) is 126 cm³/mol. The van der Waals surface area contributed by atoms with Crippen LogP contribution in [0.2, 0.25) is 0 Å². The molecule has 14 heteroatoms. The van der Waals surface area contributed by atoms with Crippen molar-refractivity contribution in [1.82, 2.24) is 19.9 Å². The molecule has 0 bridgehead atoms. The van der Waals surface area contributed by atoms with E-state index in [-0.39, 0.29) is 17.2 Å². The summed E-state index contributed by atoms with van der Waals surface area (Å²) in [5.74, 6) is -4.49. The molecule has 1 aromatic heterocycles. The van der Waals surface area contributed by atoms with Crippen molar-refractivity contribution in [3.63, 3.8) is 0 Å². The minimum atomic E-state index is -1.64. The van der Waals surface area contributed by atoms with Crippen LogP contribution in [0.3, 0.4) is 0 Å². The summed E-state index contributed by atoms with van der Waals surface area (Å²) in [5, 5.41) is 49.2. The second kappa shape index (κ2) is 10.5. The van der Waals surface area contributed by atoms with Gasteiger partial charge in [0.15, 0.2) is 17.5 Å². The fourth-order valence-corrected chi connectivity index (χ4v) is 5.85. The average Bonchev–Trinajstić information content (AvgIpc) is 3.28. The summed E-state index contributed by atoms with van der Waals surface area (Å²) in [7, 11) is 0. The van der Waals surface area contributed by atoms with Crippen LogP contribution in [0.5, 0.6) is 0 Å². The van der Waals surface area contributed by atoms with Gasteiger partial charge in [-0.25, -0.2) is 17.9 Å². The number of aliphatic hydroxyl groups is 4. The zero-order valence-corrected chi connectivity index (χ0v) is 21.1. The number of hydrogen-bond acceptors (Lipinski definition) is 9. The van der Waals surface area contributed by atoms with Gasteiger partial charge in [-0.2, -0.15) is 0 Å². The fraction of sp³-hybridized carbons (Fsp3) is 0.609. The number of ether oxygens (including phenoxy) is 1. The van der Waals surface area contributed by atoms with Crippen LogP contribution in [0.1, 0.15) is 26.8 Å². The van der Waals surface area contributed by atoms with Gasteiger partial charge in [-0.1, -0.05) is 12.1 Å². The van der Waals surface area contributed by atoms with Gasteiger partial charge in [0.05, 0.1) is 18.4 Å². The Bertz CT molecular complexity index is 1120. The lowest BCUT2D eigenvalue weighted by molar-refractivity contribution is -0.179. The Morgan fingerprint density at radius 1 is 1.22 bits per heavy atom. The van der Waals surface area contributed by atoms with E-state index in [1.54, 1.807) is 4.90 Å². The summed E-state index contributed by atoms with van der Waals surface area (Å²) in [6.07, 6.45) is -2.99. The lowest BCUT2D eigenvalue weighted by Gasteiger charge is -2.45. The molecular weight excluding hydrogens is 517 g/mol. The molecule has 2 fully saturated rings. The Morgan fingerprint density at radius 3 is 2.38 bits per heavy atom. The van der Waals surface area contributed by atoms with Crippen molar-refractivity contribution < 1.29 is 43.1 Å². The van der Waals surface area contributed by atoms with E-state index in [1.165, 1.54) is 20.0 Å². The number of carbonyl (C=O) groups is 1. The number of rotatable bonds is 7. The van der Waals surface area contributed by atoms with Gasteiger partial charge in [-0.15, -0.1) is 16.9 Å². The summed E-state index contributed by atoms with van der Waals surface area (Å²) in [6.45, 7) is 5.34. The van der Waals surface area contributed by atoms with Crippen LogP contribution in [-0.4, -0.2) is 101 Å². The van der Waals surface area contributed by atoms with E-state index < -0.39 is 64.7 Å². The van der Waals surface area contributed by atoms with E-state index in [2.05, 4.69) is 10.3 Å². The molecule has 1 amide bonds. The number of hydrogen-bond donors (Lipinski definition) is 4. The van der Waals surface area contributed by atoms with E-state index in [9.17, 15) is 38.4 Å². The smallest absolute Gasteiger partial charge is 0.238 e. The molecular formula is C23H29F3N4O6S. The molecule has 4 rings (SSSR count). The number of aromatic nitrogens is 3. The van der Waals surface area contributed by atoms with Gasteiger partial charge in [-0.05, 0) is 31.9 Å². The minimum absolute atomic E-state index is 0.0649. The van der Waals surface area contributed by atoms with Crippen LogP contribution >= 0.6 is 11.8 Å². The maximum absolute atomic E-state index is 13.7. The molecule has 2 aliphatic heterocycles. The first-order chi connectivity index (χ1) is 17.3. The highest BCUT2D eigenvalue weighted by atomic mass is 32.2. The van der Waals surface area contributed by atoms with Crippen LogP contribution in [0.25, 0.3) is 11.3 Å². The van der Waals surface area contributed by atoms with Crippen molar-refractivity contribution >= 4 is 17.7 Å². The summed E-state index contributed by atoms with van der Waals surface area (Å²) < 4.78 is 47.5. The van der Waals surface area contributed by atoms with Gasteiger partial charge in [0.25, 0.3) is 0 Å². The Hall–Kier alpha value is -2.23. The third-order valence-corrected chi connectivity index (χ3v) is 8.16. The molecule has 2 aliphatic rings. The highest BCUT2D eigenvalue weighted by Crippen LogP contribution is 2.40. The third kappa shape index (κ3) is 5.49. The van der Waals surface area contributed by atoms with Crippen LogP contribution in [-0.2, 0) is 9.53 Å². The van der Waals surface area contributed by atoms with Crippen molar-refractivity contribution in [3.05, 3.63) is 35.8 Å². The lowest BCUT2D eigenvalue weighted by Crippen LogP contribution is -2.59. The Balaban J connectivity index is 1.61. The molecule has 3 heterocycles. The largest absolute Gasteiger partial charge is 0.394 e. The lowest BCUT2D eigenvalue weighted by atomic mass is 9.97. The van der Waals surface area contributed by atoms with E-state index in [4.69, 9.17) is 4.74 Å². The van der Waals surface area contributed by atoms with Crippen LogP contribution in [0, 0.1) is 23.4 Å². The van der Waals surface area contributed by atoms with Crippen molar-refractivity contribution in [2.24, 2.45) is 5.92 Å². The first-order valence-corrected chi connectivity index (χ1v) is 12.6. The first-order valence-electron chi connectivity index (χ1n) is 11.7. The monoisotopic (exact) mass is 546 g/mol. The van der Waals surface area contributed by atoms with E-state index in [1.807, 2.05) is 6.92 Å². The normalized spacial score (nSPS) is 27.7. The van der Waals surface area contributed by atoms with Gasteiger partial charge in [0.1, 0.15) is 40.7 Å². The molecule has 204 valence electrons. The number of thioether (sulfide) groups is 1. The molecule has 2 saturated heterocycles. The second-order valence-corrected chi connectivity index (χ2v) is 11.3. The molecule has 4 N–H and O–H groups in total. The van der Waals surface area contributed by atoms with Gasteiger partial charge < -0.3 is 30.1 Å². The second-order valence-electron chi connectivity index (χ2n) is 10.1. The van der Waals surface area contributed by atoms with E-state index in [0.717, 1.165) is 28.6 Å². The molecule has 0 unspecified atom stereocenters. The Morgan fingerprint density at radius 2 is 1.84 bits per heavy atom. The minimum Gasteiger partial charge on any atom is -0.394 e. The molecule has 2 aromatic rings. The van der Waals surface area contributed by atoms with Gasteiger partial charge in [0.2, 0.25) is 5.91 Å². The molecule has 37 heavy (non-hydrogen) atoms. The molecule has 6 atom stereocenters. The van der Waals surface area contributed by atoms with E-state index in [0.29, 0.717) is 19.0 Å². The number of benzene rings is 1. The van der Waals surface area contributed by atoms with Crippen molar-refractivity contribution in [2.45, 2.75) is 61.4 Å². The van der Waals surface area contributed by atoms with Crippen molar-refractivity contribution in [3.8, 4) is 11.3 Å². The maximum atomic E-state index is 13.7. The quantitative estimate of drug-likeness (QED) is 0.369. The van der Waals surface area contributed by atoms with Gasteiger partial charge in [-0.3, -0.25) is 4.79 Å². The molecule has 10 nitrogen and oxygen atoms in total. The van der Waals surface area contributed by atoms with Gasteiger partial charge in [0, 0.05) is 18.7 Å². The fourth-order valence-electron chi connectivity index (χ4n) is 4.46. The number of nitrogens with zero attached hydrogens (tertiary/aromatic N) is 4. The third-order valence-electron chi connectivity index (χ3n) is 6.46. The van der Waals surface area contributed by atoms with E-state index >= 15 is 0 Å². The standard InChI is InChI=1S/C23H29F3N4O6S/c1-10-6-29(7-10)21(34)20(23(2,3)35)37-22-19(33)17(18(32)15(9-31)36-22)30-8-14(27-28-30)11-4-12(24)16(26)13(25)5-11/h4-5,8,10,15,17-20,22,31-33,35H,6-7,9H2,1-3H3/t15-,17+,18+,19-,20+,22+/m1/s1. The maximum Gasteiger partial charge on any atom is 0.238 e. The van der Waals surface area contributed by atoms with Gasteiger partial charge >= 0.3 is 0 Å². The average molecular weight is 547 g/mol. The summed E-state index contributed by atoms with van der Waals surface area (Å²) >= 11 is 0.858. The zero-order chi connectivity index (χ0) is 27.2. The topological polar surface area (TPSA) is 141 Å². The van der Waals surface area contributed by atoms with Crippen molar-refractivity contribution in [1.29, 1.82) is 0 Å². The molecule has 0 saturated carbocycles. The molecule has 0 spiro atoms. The zero-order valence-electron chi connectivity index (χ0n) is 20.3. The first kappa shape index (κ1) is 27.8. The molecule has 0 radical (unpaired) electrons. The highest BCUT2D eigenvalue weighted by molar-refractivity contribution is 8.01. The van der Waals surface area contributed by atoms with Crippen LogP contribution in [0.15, 0.2) is 18.3 Å². The summed E-state index contributed by atoms with van der Waals surface area (Å²) in [6, 6.07) is 0.214. The number of amides is 1. The van der Waals surface area contributed by atoms with Crippen molar-refractivity contribution in [2.75, 3.05) is 19.7 Å². The SMILES string of the molecule is CC1CN(C(=O)[C@H](S[C@@H]2O[C@H](CO)[C@H](O)[C@H](n3cc(-c4cc(F)c(F)c(F)c4)nn3)[C@H]2O)C(C)(C)O)C1. The predicted octanol–water partition coefficient (Wildman–Crippen LogP) is 0.693. The van der Waals surface area contributed by atoms with Crippen LogP contribution in [0.4, 0.5) is 13.2 Å². The number of carbonyl (C=O) groups excluding carboxylic acids is 1. The number of aliphatic hydroxyl groups excluding tert-OH is 3. The highest BCUT2D eigenvalue weighted by Gasteiger charge is 2.50.